The molecule has 0 bridgehead atoms. The van der Waals surface area contributed by atoms with Crippen LogP contribution in [0.25, 0.3) is 0 Å². The molecule has 0 aromatic carbocycles. The largest absolute Gasteiger partial charge is 0.380 e. The van der Waals surface area contributed by atoms with E-state index in [1.807, 2.05) is 6.92 Å². The predicted octanol–water partition coefficient (Wildman–Crippen LogP) is 2.57. The number of hydrogen-bond donors (Lipinski definition) is 1. The van der Waals surface area contributed by atoms with Gasteiger partial charge in [-0.25, -0.2) is 0 Å². The second-order valence-electron chi connectivity index (χ2n) is 4.39. The quantitative estimate of drug-likeness (QED) is 0.665. The summed E-state index contributed by atoms with van der Waals surface area (Å²) in [4.78, 5) is 0. The summed E-state index contributed by atoms with van der Waals surface area (Å²) >= 11 is 0. The van der Waals surface area contributed by atoms with Crippen LogP contribution in [0.4, 0.5) is 0 Å². The Balaban J connectivity index is 3.71. The van der Waals surface area contributed by atoms with Crippen molar-refractivity contribution in [1.29, 1.82) is 0 Å². The lowest BCUT2D eigenvalue weighted by Gasteiger charge is -2.27. The topological polar surface area (TPSA) is 35.2 Å². The molecule has 2 atom stereocenters. The monoisotopic (exact) mass is 187 g/mol. The second-order valence-corrected chi connectivity index (χ2v) is 4.39. The van der Waals surface area contributed by atoms with E-state index in [4.69, 9.17) is 10.5 Å². The molecule has 0 saturated heterocycles. The van der Waals surface area contributed by atoms with Crippen molar-refractivity contribution in [2.75, 3.05) is 13.2 Å². The molecule has 0 aliphatic heterocycles. The van der Waals surface area contributed by atoms with Crippen LogP contribution in [-0.4, -0.2) is 18.8 Å². The molecule has 0 heterocycles. The van der Waals surface area contributed by atoms with E-state index in [-0.39, 0.29) is 5.54 Å². The molecule has 0 aliphatic carbocycles. The number of rotatable bonds is 7. The molecule has 0 fully saturated rings. The van der Waals surface area contributed by atoms with Gasteiger partial charge in [-0.1, -0.05) is 26.7 Å². The maximum absolute atomic E-state index is 6.11. The van der Waals surface area contributed by atoms with Crippen LogP contribution in [0.5, 0.6) is 0 Å². The highest BCUT2D eigenvalue weighted by atomic mass is 16.5. The van der Waals surface area contributed by atoms with Crippen LogP contribution in [0.3, 0.4) is 0 Å². The van der Waals surface area contributed by atoms with Crippen molar-refractivity contribution < 1.29 is 4.74 Å². The van der Waals surface area contributed by atoms with E-state index in [1.54, 1.807) is 0 Å². The highest BCUT2D eigenvalue weighted by molar-refractivity contribution is 4.80. The zero-order chi connectivity index (χ0) is 10.3. The molecular formula is C11H25NO. The molecule has 0 aliphatic rings. The third kappa shape index (κ3) is 7.03. The molecule has 0 aromatic rings. The molecule has 2 N–H and O–H groups in total. The second kappa shape index (κ2) is 6.39. The van der Waals surface area contributed by atoms with E-state index in [0.29, 0.717) is 12.5 Å². The first-order valence-electron chi connectivity index (χ1n) is 5.38. The van der Waals surface area contributed by atoms with Crippen molar-refractivity contribution in [3.05, 3.63) is 0 Å². The lowest BCUT2D eigenvalue weighted by Crippen LogP contribution is -2.42. The molecule has 0 rings (SSSR count). The lowest BCUT2D eigenvalue weighted by molar-refractivity contribution is 0.0903. The van der Waals surface area contributed by atoms with Gasteiger partial charge < -0.3 is 10.5 Å². The smallest absolute Gasteiger partial charge is 0.0643 e. The number of hydrogen-bond acceptors (Lipinski definition) is 2. The Morgan fingerprint density at radius 2 is 2.00 bits per heavy atom. The maximum Gasteiger partial charge on any atom is 0.0643 e. The highest BCUT2D eigenvalue weighted by Gasteiger charge is 2.21. The molecule has 0 radical (unpaired) electrons. The molecule has 0 saturated carbocycles. The fourth-order valence-electron chi connectivity index (χ4n) is 1.79. The van der Waals surface area contributed by atoms with Gasteiger partial charge in [0.2, 0.25) is 0 Å². The SMILES string of the molecule is CCCC(C)CC(C)(N)COCC. The summed E-state index contributed by atoms with van der Waals surface area (Å²) in [7, 11) is 0. The molecule has 2 unspecified atom stereocenters. The van der Waals surface area contributed by atoms with Crippen LogP contribution >= 0.6 is 0 Å². The summed E-state index contributed by atoms with van der Waals surface area (Å²) < 4.78 is 5.35. The van der Waals surface area contributed by atoms with E-state index in [0.717, 1.165) is 13.0 Å². The maximum atomic E-state index is 6.11. The third-order valence-corrected chi connectivity index (χ3v) is 2.23. The van der Waals surface area contributed by atoms with Gasteiger partial charge in [0.1, 0.15) is 0 Å². The lowest BCUT2D eigenvalue weighted by atomic mass is 9.89. The predicted molar refractivity (Wildman–Crippen MR) is 57.8 cm³/mol. The first kappa shape index (κ1) is 12.9. The fourth-order valence-corrected chi connectivity index (χ4v) is 1.79. The van der Waals surface area contributed by atoms with Gasteiger partial charge in [0.05, 0.1) is 6.61 Å². The Kier molecular flexibility index (Phi) is 6.35. The molecule has 0 spiro atoms. The Bertz CT molecular complexity index is 123. The first-order chi connectivity index (χ1) is 6.02. The molecule has 2 heteroatoms. The van der Waals surface area contributed by atoms with Crippen molar-refractivity contribution >= 4 is 0 Å². The zero-order valence-corrected chi connectivity index (χ0v) is 9.60. The minimum absolute atomic E-state index is 0.148. The van der Waals surface area contributed by atoms with Crippen LogP contribution in [0.2, 0.25) is 0 Å². The van der Waals surface area contributed by atoms with E-state index < -0.39 is 0 Å². The van der Waals surface area contributed by atoms with E-state index in [2.05, 4.69) is 20.8 Å². The molecule has 80 valence electrons. The molecule has 2 nitrogen and oxygen atoms in total. The first-order valence-corrected chi connectivity index (χ1v) is 5.38. The summed E-state index contributed by atoms with van der Waals surface area (Å²) in [6.45, 7) is 10.0. The van der Waals surface area contributed by atoms with Crippen molar-refractivity contribution in [2.24, 2.45) is 11.7 Å². The van der Waals surface area contributed by atoms with Crippen molar-refractivity contribution in [3.8, 4) is 0 Å². The Hall–Kier alpha value is -0.0800. The summed E-state index contributed by atoms with van der Waals surface area (Å²) in [5.74, 6) is 0.709. The van der Waals surface area contributed by atoms with Crippen LogP contribution in [0.1, 0.15) is 47.0 Å². The minimum atomic E-state index is -0.148. The summed E-state index contributed by atoms with van der Waals surface area (Å²) in [5.41, 5.74) is 5.96. The van der Waals surface area contributed by atoms with Gasteiger partial charge in [0.15, 0.2) is 0 Å². The van der Waals surface area contributed by atoms with E-state index in [1.165, 1.54) is 12.8 Å². The van der Waals surface area contributed by atoms with Gasteiger partial charge in [-0.3, -0.25) is 0 Å². The summed E-state index contributed by atoms with van der Waals surface area (Å²) in [6.07, 6.45) is 3.56. The van der Waals surface area contributed by atoms with Crippen molar-refractivity contribution in [2.45, 2.75) is 52.5 Å². The molecule has 0 aromatic heterocycles. The Morgan fingerprint density at radius 3 is 2.46 bits per heavy atom. The number of nitrogens with two attached hydrogens (primary N) is 1. The van der Waals surface area contributed by atoms with Crippen LogP contribution in [0.15, 0.2) is 0 Å². The third-order valence-electron chi connectivity index (χ3n) is 2.23. The van der Waals surface area contributed by atoms with Crippen LogP contribution in [-0.2, 0) is 4.74 Å². The van der Waals surface area contributed by atoms with Gasteiger partial charge in [-0.15, -0.1) is 0 Å². The average molecular weight is 187 g/mol. The summed E-state index contributed by atoms with van der Waals surface area (Å²) in [6, 6.07) is 0. The Labute approximate surface area is 82.8 Å². The molecule has 0 amide bonds. The molecular weight excluding hydrogens is 162 g/mol. The van der Waals surface area contributed by atoms with Gasteiger partial charge >= 0.3 is 0 Å². The average Bonchev–Trinajstić information content (AvgIpc) is 2.00. The standard InChI is InChI=1S/C11H25NO/c1-5-7-10(3)8-11(4,12)9-13-6-2/h10H,5-9,12H2,1-4H3. The minimum Gasteiger partial charge on any atom is -0.380 e. The van der Waals surface area contributed by atoms with E-state index in [9.17, 15) is 0 Å². The van der Waals surface area contributed by atoms with Crippen LogP contribution < -0.4 is 5.73 Å². The Morgan fingerprint density at radius 1 is 1.38 bits per heavy atom. The van der Waals surface area contributed by atoms with Gasteiger partial charge in [-0.05, 0) is 26.2 Å². The van der Waals surface area contributed by atoms with E-state index >= 15 is 0 Å². The van der Waals surface area contributed by atoms with Gasteiger partial charge in [-0.2, -0.15) is 0 Å². The zero-order valence-electron chi connectivity index (χ0n) is 9.60. The van der Waals surface area contributed by atoms with Gasteiger partial charge in [0, 0.05) is 12.1 Å². The summed E-state index contributed by atoms with van der Waals surface area (Å²) in [5, 5.41) is 0. The van der Waals surface area contributed by atoms with Gasteiger partial charge in [0.25, 0.3) is 0 Å². The van der Waals surface area contributed by atoms with Crippen molar-refractivity contribution in [1.82, 2.24) is 0 Å². The normalized spacial score (nSPS) is 18.2. The highest BCUT2D eigenvalue weighted by Crippen LogP contribution is 2.18. The van der Waals surface area contributed by atoms with Crippen LogP contribution in [0, 0.1) is 5.92 Å². The fraction of sp³-hybridized carbons (Fsp3) is 1.00. The molecule has 13 heavy (non-hydrogen) atoms. The van der Waals surface area contributed by atoms with Crippen molar-refractivity contribution in [3.63, 3.8) is 0 Å². The number of ether oxygens (including phenoxy) is 1.